The minimum absolute atomic E-state index is 0.258. The van der Waals surface area contributed by atoms with Gasteiger partial charge in [0.2, 0.25) is 0 Å². The van der Waals surface area contributed by atoms with Crippen LogP contribution >= 0.6 is 0 Å². The zero-order valence-electron chi connectivity index (χ0n) is 8.99. The van der Waals surface area contributed by atoms with Gasteiger partial charge in [0.15, 0.2) is 6.10 Å². The first kappa shape index (κ1) is 11.5. The van der Waals surface area contributed by atoms with E-state index in [0.29, 0.717) is 13.2 Å². The van der Waals surface area contributed by atoms with Crippen LogP contribution in [0, 0.1) is 0 Å². The van der Waals surface area contributed by atoms with E-state index in [1.807, 2.05) is 0 Å². The van der Waals surface area contributed by atoms with Crippen molar-refractivity contribution in [2.24, 2.45) is 0 Å². The predicted octanol–water partition coefficient (Wildman–Crippen LogP) is 0.660. The van der Waals surface area contributed by atoms with Crippen molar-refractivity contribution in [3.8, 4) is 0 Å². The zero-order valence-corrected chi connectivity index (χ0v) is 8.99. The molecule has 14 heavy (non-hydrogen) atoms. The molecule has 1 saturated heterocycles. The molecular weight excluding hydrogens is 182 g/mol. The Morgan fingerprint density at radius 2 is 2.43 bits per heavy atom. The van der Waals surface area contributed by atoms with Crippen molar-refractivity contribution in [2.45, 2.75) is 25.9 Å². The van der Waals surface area contributed by atoms with Crippen LogP contribution in [0.5, 0.6) is 0 Å². The van der Waals surface area contributed by atoms with Crippen LogP contribution < -0.4 is 0 Å². The van der Waals surface area contributed by atoms with Crippen LogP contribution in [0.3, 0.4) is 0 Å². The van der Waals surface area contributed by atoms with Gasteiger partial charge in [-0.25, -0.2) is 4.79 Å². The highest BCUT2D eigenvalue weighted by atomic mass is 16.6. The molecule has 1 aliphatic heterocycles. The van der Waals surface area contributed by atoms with E-state index >= 15 is 0 Å². The largest absolute Gasteiger partial charge is 0.467 e. The first-order chi connectivity index (χ1) is 6.77. The summed E-state index contributed by atoms with van der Waals surface area (Å²) in [6, 6.07) is 0. The SMILES string of the molecule is CCCCN1CCOC(C(=O)OC)C1. The number of nitrogens with zero attached hydrogens (tertiary/aromatic N) is 1. The van der Waals surface area contributed by atoms with Crippen LogP contribution in [-0.2, 0) is 14.3 Å². The maximum atomic E-state index is 11.2. The van der Waals surface area contributed by atoms with E-state index in [1.54, 1.807) is 0 Å². The van der Waals surface area contributed by atoms with Crippen LogP contribution in [-0.4, -0.2) is 50.3 Å². The fourth-order valence-corrected chi connectivity index (χ4v) is 1.56. The second-order valence-corrected chi connectivity index (χ2v) is 3.54. The van der Waals surface area contributed by atoms with Crippen molar-refractivity contribution in [3.63, 3.8) is 0 Å². The highest BCUT2D eigenvalue weighted by Gasteiger charge is 2.26. The van der Waals surface area contributed by atoms with Crippen molar-refractivity contribution < 1.29 is 14.3 Å². The monoisotopic (exact) mass is 201 g/mol. The van der Waals surface area contributed by atoms with Gasteiger partial charge in [0, 0.05) is 13.1 Å². The molecule has 0 amide bonds. The standard InChI is InChI=1S/C10H19NO3/c1-3-4-5-11-6-7-14-9(8-11)10(12)13-2/h9H,3-8H2,1-2H3. The van der Waals surface area contributed by atoms with Crippen LogP contribution in [0.4, 0.5) is 0 Å². The number of rotatable bonds is 4. The molecule has 0 aliphatic carbocycles. The van der Waals surface area contributed by atoms with Gasteiger partial charge in [0.1, 0.15) is 0 Å². The van der Waals surface area contributed by atoms with Gasteiger partial charge in [0.25, 0.3) is 0 Å². The normalized spacial score (nSPS) is 23.4. The average Bonchev–Trinajstić information content (AvgIpc) is 2.25. The average molecular weight is 201 g/mol. The third kappa shape index (κ3) is 3.27. The Kier molecular flexibility index (Phi) is 4.90. The highest BCUT2D eigenvalue weighted by Crippen LogP contribution is 2.07. The maximum Gasteiger partial charge on any atom is 0.336 e. The Labute approximate surface area is 85.2 Å². The summed E-state index contributed by atoms with van der Waals surface area (Å²) in [7, 11) is 1.40. The maximum absolute atomic E-state index is 11.2. The lowest BCUT2D eigenvalue weighted by Crippen LogP contribution is -2.46. The summed E-state index contributed by atoms with van der Waals surface area (Å²) in [5, 5.41) is 0. The van der Waals surface area contributed by atoms with Crippen molar-refractivity contribution in [3.05, 3.63) is 0 Å². The predicted molar refractivity (Wildman–Crippen MR) is 53.1 cm³/mol. The molecule has 0 N–H and O–H groups in total. The van der Waals surface area contributed by atoms with Crippen LogP contribution in [0.2, 0.25) is 0 Å². The summed E-state index contributed by atoms with van der Waals surface area (Å²) < 4.78 is 9.98. The van der Waals surface area contributed by atoms with Crippen molar-refractivity contribution in [1.82, 2.24) is 4.90 Å². The van der Waals surface area contributed by atoms with Gasteiger partial charge in [-0.1, -0.05) is 13.3 Å². The number of morpholine rings is 1. The molecule has 1 heterocycles. The number of hydrogen-bond donors (Lipinski definition) is 0. The van der Waals surface area contributed by atoms with E-state index in [4.69, 9.17) is 4.74 Å². The molecule has 0 bridgehead atoms. The quantitative estimate of drug-likeness (QED) is 0.626. The van der Waals surface area contributed by atoms with Gasteiger partial charge in [-0.15, -0.1) is 0 Å². The minimum atomic E-state index is -0.384. The summed E-state index contributed by atoms with van der Waals surface area (Å²) in [6.45, 7) is 5.44. The van der Waals surface area contributed by atoms with Crippen molar-refractivity contribution >= 4 is 5.97 Å². The van der Waals surface area contributed by atoms with E-state index in [0.717, 1.165) is 13.1 Å². The number of methoxy groups -OCH3 is 1. The molecule has 0 aromatic heterocycles. The molecule has 0 aromatic carbocycles. The molecule has 0 radical (unpaired) electrons. The van der Waals surface area contributed by atoms with E-state index in [1.165, 1.54) is 20.0 Å². The molecular formula is C10H19NO3. The van der Waals surface area contributed by atoms with Crippen molar-refractivity contribution in [1.29, 1.82) is 0 Å². The molecule has 4 heteroatoms. The van der Waals surface area contributed by atoms with E-state index in [9.17, 15) is 4.79 Å². The van der Waals surface area contributed by atoms with Gasteiger partial charge >= 0.3 is 5.97 Å². The van der Waals surface area contributed by atoms with E-state index < -0.39 is 0 Å². The molecule has 4 nitrogen and oxygen atoms in total. The molecule has 1 atom stereocenters. The highest BCUT2D eigenvalue weighted by molar-refractivity contribution is 5.74. The Morgan fingerprint density at radius 1 is 1.64 bits per heavy atom. The molecule has 1 fully saturated rings. The fraction of sp³-hybridized carbons (Fsp3) is 0.900. The Morgan fingerprint density at radius 3 is 3.07 bits per heavy atom. The number of carbonyl (C=O) groups excluding carboxylic acids is 1. The number of hydrogen-bond acceptors (Lipinski definition) is 4. The smallest absolute Gasteiger partial charge is 0.336 e. The molecule has 0 spiro atoms. The van der Waals surface area contributed by atoms with Gasteiger partial charge in [-0.2, -0.15) is 0 Å². The summed E-state index contributed by atoms with van der Waals surface area (Å²) in [6.07, 6.45) is 1.97. The first-order valence-corrected chi connectivity index (χ1v) is 5.19. The van der Waals surface area contributed by atoms with Gasteiger partial charge in [0.05, 0.1) is 13.7 Å². The molecule has 1 unspecified atom stereocenters. The summed E-state index contributed by atoms with van der Waals surface area (Å²) in [4.78, 5) is 13.5. The molecule has 1 aliphatic rings. The van der Waals surface area contributed by atoms with Gasteiger partial charge < -0.3 is 9.47 Å². The van der Waals surface area contributed by atoms with Gasteiger partial charge in [-0.3, -0.25) is 4.90 Å². The molecule has 82 valence electrons. The van der Waals surface area contributed by atoms with Gasteiger partial charge in [-0.05, 0) is 13.0 Å². The zero-order chi connectivity index (χ0) is 10.4. The Hall–Kier alpha value is -0.610. The topological polar surface area (TPSA) is 38.8 Å². The van der Waals surface area contributed by atoms with Crippen LogP contribution in [0.25, 0.3) is 0 Å². The van der Waals surface area contributed by atoms with Crippen LogP contribution in [0.15, 0.2) is 0 Å². The first-order valence-electron chi connectivity index (χ1n) is 5.19. The number of esters is 1. The lowest BCUT2D eigenvalue weighted by molar-refractivity contribution is -0.159. The fourth-order valence-electron chi connectivity index (χ4n) is 1.56. The third-order valence-corrected chi connectivity index (χ3v) is 2.44. The summed E-state index contributed by atoms with van der Waals surface area (Å²) >= 11 is 0. The van der Waals surface area contributed by atoms with Crippen molar-refractivity contribution in [2.75, 3.05) is 33.4 Å². The number of carbonyl (C=O) groups is 1. The summed E-state index contributed by atoms with van der Waals surface area (Å²) in [5.74, 6) is -0.258. The summed E-state index contributed by atoms with van der Waals surface area (Å²) in [5.41, 5.74) is 0. The van der Waals surface area contributed by atoms with E-state index in [-0.39, 0.29) is 12.1 Å². The lowest BCUT2D eigenvalue weighted by atomic mass is 10.2. The Bertz CT molecular complexity index is 184. The molecule has 0 saturated carbocycles. The number of ether oxygens (including phenoxy) is 2. The van der Waals surface area contributed by atoms with Crippen LogP contribution in [0.1, 0.15) is 19.8 Å². The molecule has 0 aromatic rings. The number of unbranched alkanes of at least 4 members (excludes halogenated alkanes) is 1. The molecule has 1 rings (SSSR count). The second-order valence-electron chi connectivity index (χ2n) is 3.54. The minimum Gasteiger partial charge on any atom is -0.467 e. The third-order valence-electron chi connectivity index (χ3n) is 2.44. The van der Waals surface area contributed by atoms with E-state index in [2.05, 4.69) is 16.6 Å². The lowest BCUT2D eigenvalue weighted by Gasteiger charge is -2.31. The Balaban J connectivity index is 2.31. The second kappa shape index (κ2) is 5.98.